The van der Waals surface area contributed by atoms with Gasteiger partial charge in [-0.05, 0) is 53.3 Å². The van der Waals surface area contributed by atoms with Gasteiger partial charge in [-0.1, -0.05) is 56.4 Å². The predicted molar refractivity (Wildman–Crippen MR) is 154 cm³/mol. The van der Waals surface area contributed by atoms with Gasteiger partial charge < -0.3 is 20.8 Å². The SMILES string of the molecule is CC(C)(C)C[C@H](NC(=O)c1ccc(-c2ccc(Nc3nc4ncc(C(F)(F)F)cc4s3)cc2)cc1)C(=O)O.O=C(O)C(F)(F)F. The minimum absolute atomic E-state index is 0.235. The van der Waals surface area contributed by atoms with Crippen LogP contribution >= 0.6 is 11.3 Å². The van der Waals surface area contributed by atoms with Crippen molar-refractivity contribution < 1.29 is 50.9 Å². The summed E-state index contributed by atoms with van der Waals surface area (Å²) in [7, 11) is 0. The Kier molecular flexibility index (Phi) is 10.4. The van der Waals surface area contributed by atoms with Crippen molar-refractivity contribution in [3.05, 3.63) is 71.9 Å². The van der Waals surface area contributed by atoms with E-state index >= 15 is 0 Å². The highest BCUT2D eigenvalue weighted by Crippen LogP contribution is 2.34. The summed E-state index contributed by atoms with van der Waals surface area (Å²) >= 11 is 1.08. The average Bonchev–Trinajstić information content (AvgIpc) is 3.33. The molecule has 0 unspecified atom stereocenters. The molecule has 0 spiro atoms. The minimum Gasteiger partial charge on any atom is -0.480 e. The lowest BCUT2D eigenvalue weighted by Gasteiger charge is -2.24. The van der Waals surface area contributed by atoms with Gasteiger partial charge in [0.1, 0.15) is 6.04 Å². The Morgan fingerprint density at radius 3 is 1.89 bits per heavy atom. The Morgan fingerprint density at radius 1 is 0.889 bits per heavy atom. The van der Waals surface area contributed by atoms with Crippen LogP contribution in [0.3, 0.4) is 0 Å². The first kappa shape index (κ1) is 34.8. The molecule has 0 aliphatic heterocycles. The number of aromatic nitrogens is 2. The zero-order chi connectivity index (χ0) is 33.7. The van der Waals surface area contributed by atoms with E-state index in [0.717, 1.165) is 34.7 Å². The number of anilines is 2. The van der Waals surface area contributed by atoms with Crippen LogP contribution in [-0.2, 0) is 15.8 Å². The van der Waals surface area contributed by atoms with E-state index in [4.69, 9.17) is 9.90 Å². The lowest BCUT2D eigenvalue weighted by atomic mass is 9.88. The van der Waals surface area contributed by atoms with Crippen molar-refractivity contribution in [2.75, 3.05) is 5.32 Å². The van der Waals surface area contributed by atoms with Gasteiger partial charge in [-0.15, -0.1) is 0 Å². The summed E-state index contributed by atoms with van der Waals surface area (Å²) in [4.78, 5) is 41.1. The van der Waals surface area contributed by atoms with Crippen LogP contribution in [0.15, 0.2) is 60.8 Å². The fourth-order valence-corrected chi connectivity index (χ4v) is 4.65. The van der Waals surface area contributed by atoms with Crippen molar-refractivity contribution in [1.29, 1.82) is 0 Å². The number of carboxylic acid groups (broad SMARTS) is 2. The first-order chi connectivity index (χ1) is 20.7. The van der Waals surface area contributed by atoms with Crippen molar-refractivity contribution >= 4 is 50.3 Å². The third kappa shape index (κ3) is 10.2. The third-order valence-corrected chi connectivity index (χ3v) is 6.76. The van der Waals surface area contributed by atoms with Gasteiger partial charge >= 0.3 is 24.3 Å². The summed E-state index contributed by atoms with van der Waals surface area (Å²) in [5.41, 5.74) is 1.92. The summed E-state index contributed by atoms with van der Waals surface area (Å²) in [5.74, 6) is -4.29. The second-order valence-corrected chi connectivity index (χ2v) is 11.8. The largest absolute Gasteiger partial charge is 0.490 e. The highest BCUT2D eigenvalue weighted by atomic mass is 32.1. The number of thiazole rings is 1. The van der Waals surface area contributed by atoms with Crippen molar-refractivity contribution in [1.82, 2.24) is 15.3 Å². The average molecular weight is 657 g/mol. The van der Waals surface area contributed by atoms with Crippen LogP contribution in [0.5, 0.6) is 0 Å². The van der Waals surface area contributed by atoms with Gasteiger partial charge in [0, 0.05) is 17.4 Å². The number of carbonyl (C=O) groups is 3. The summed E-state index contributed by atoms with van der Waals surface area (Å²) in [6.07, 6.45) is -8.48. The maximum atomic E-state index is 12.9. The molecule has 0 bridgehead atoms. The number of carboxylic acids is 2. The molecule has 45 heavy (non-hydrogen) atoms. The molecular formula is C29H26F6N4O5S. The number of hydrogen-bond acceptors (Lipinski definition) is 7. The monoisotopic (exact) mass is 656 g/mol. The Balaban J connectivity index is 0.000000707. The summed E-state index contributed by atoms with van der Waals surface area (Å²) in [5, 5.41) is 22.7. The number of aliphatic carboxylic acids is 2. The van der Waals surface area contributed by atoms with Gasteiger partial charge in [0.25, 0.3) is 5.91 Å². The normalized spacial score (nSPS) is 12.6. The van der Waals surface area contributed by atoms with Gasteiger partial charge in [-0.2, -0.15) is 31.3 Å². The number of fused-ring (bicyclic) bond motifs is 1. The second-order valence-electron chi connectivity index (χ2n) is 10.8. The van der Waals surface area contributed by atoms with Crippen LogP contribution in [0.2, 0.25) is 0 Å². The zero-order valence-electron chi connectivity index (χ0n) is 23.7. The highest BCUT2D eigenvalue weighted by molar-refractivity contribution is 7.22. The number of benzene rings is 2. The van der Waals surface area contributed by atoms with E-state index in [2.05, 4.69) is 20.6 Å². The van der Waals surface area contributed by atoms with Crippen LogP contribution in [0.4, 0.5) is 37.2 Å². The van der Waals surface area contributed by atoms with E-state index < -0.39 is 41.8 Å². The first-order valence-corrected chi connectivity index (χ1v) is 13.7. The lowest BCUT2D eigenvalue weighted by molar-refractivity contribution is -0.192. The Labute approximate surface area is 255 Å². The Morgan fingerprint density at radius 2 is 1.42 bits per heavy atom. The molecule has 2 heterocycles. The molecule has 240 valence electrons. The van der Waals surface area contributed by atoms with Crippen LogP contribution in [0.25, 0.3) is 21.5 Å². The van der Waals surface area contributed by atoms with E-state index in [-0.39, 0.29) is 11.1 Å². The molecular weight excluding hydrogens is 630 g/mol. The second kappa shape index (κ2) is 13.5. The Hall–Kier alpha value is -4.73. The van der Waals surface area contributed by atoms with Crippen molar-refractivity contribution in [2.45, 2.75) is 45.6 Å². The topological polar surface area (TPSA) is 142 Å². The van der Waals surface area contributed by atoms with Crippen LogP contribution in [0.1, 0.15) is 43.1 Å². The van der Waals surface area contributed by atoms with Crippen molar-refractivity contribution in [3.8, 4) is 11.1 Å². The number of nitrogens with one attached hydrogen (secondary N) is 2. The molecule has 2 aromatic carbocycles. The molecule has 0 fully saturated rings. The van der Waals surface area contributed by atoms with Gasteiger partial charge in [0.2, 0.25) is 0 Å². The number of rotatable bonds is 7. The van der Waals surface area contributed by atoms with E-state index in [0.29, 0.717) is 27.5 Å². The zero-order valence-corrected chi connectivity index (χ0v) is 24.6. The van der Waals surface area contributed by atoms with Crippen LogP contribution in [0, 0.1) is 5.41 Å². The van der Waals surface area contributed by atoms with Gasteiger partial charge in [-0.3, -0.25) is 4.79 Å². The lowest BCUT2D eigenvalue weighted by Crippen LogP contribution is -2.43. The molecule has 0 saturated heterocycles. The van der Waals surface area contributed by atoms with E-state index in [9.17, 15) is 41.0 Å². The molecule has 4 N–H and O–H groups in total. The fourth-order valence-electron chi connectivity index (χ4n) is 3.77. The number of hydrogen-bond donors (Lipinski definition) is 4. The van der Waals surface area contributed by atoms with E-state index in [1.165, 1.54) is 0 Å². The predicted octanol–water partition coefficient (Wildman–Crippen LogP) is 7.37. The van der Waals surface area contributed by atoms with Gasteiger partial charge in [-0.25, -0.2) is 14.6 Å². The van der Waals surface area contributed by atoms with Gasteiger partial charge in [0.05, 0.1) is 10.3 Å². The molecule has 1 amide bonds. The molecule has 0 aliphatic carbocycles. The molecule has 0 saturated carbocycles. The molecule has 4 rings (SSSR count). The molecule has 4 aromatic rings. The number of pyridine rings is 1. The quantitative estimate of drug-likeness (QED) is 0.151. The number of halogens is 6. The van der Waals surface area contributed by atoms with Gasteiger partial charge in [0.15, 0.2) is 10.8 Å². The summed E-state index contributed by atoms with van der Waals surface area (Å²) < 4.78 is 70.9. The molecule has 9 nitrogen and oxygen atoms in total. The molecule has 0 aliphatic rings. The number of alkyl halides is 6. The Bertz CT molecular complexity index is 1660. The summed E-state index contributed by atoms with van der Waals surface area (Å²) in [6.45, 7) is 5.73. The van der Waals surface area contributed by atoms with E-state index in [1.807, 2.05) is 32.9 Å². The first-order valence-electron chi connectivity index (χ1n) is 12.9. The molecule has 1 atom stereocenters. The third-order valence-electron chi connectivity index (χ3n) is 5.85. The van der Waals surface area contributed by atoms with Crippen LogP contribution in [-0.4, -0.2) is 50.2 Å². The maximum absolute atomic E-state index is 12.9. The van der Waals surface area contributed by atoms with Crippen molar-refractivity contribution in [2.24, 2.45) is 5.41 Å². The van der Waals surface area contributed by atoms with E-state index in [1.54, 1.807) is 36.4 Å². The highest BCUT2D eigenvalue weighted by Gasteiger charge is 2.38. The fraction of sp³-hybridized carbons (Fsp3) is 0.276. The maximum Gasteiger partial charge on any atom is 0.490 e. The molecule has 0 radical (unpaired) electrons. The number of nitrogens with zero attached hydrogens (tertiary/aromatic N) is 2. The molecule has 2 aromatic heterocycles. The van der Waals surface area contributed by atoms with Crippen LogP contribution < -0.4 is 10.6 Å². The minimum atomic E-state index is -5.08. The molecule has 16 heteroatoms. The number of amides is 1. The van der Waals surface area contributed by atoms with Crippen molar-refractivity contribution in [3.63, 3.8) is 0 Å². The number of carbonyl (C=O) groups excluding carboxylic acids is 1. The summed E-state index contributed by atoms with van der Waals surface area (Å²) in [6, 6.07) is 14.2. The smallest absolute Gasteiger partial charge is 0.480 e. The standard InChI is InChI=1S/C27H25F3N4O3S.C2HF3O2/c1-26(2,3)13-20(24(36)37)33-23(35)17-6-4-15(5-7-17)16-8-10-19(11-9-16)32-25-34-22-21(38-25)12-18(14-31-22)27(28,29)30;3-2(4,5)1(6)7/h4-12,14,20H,13H2,1-3H3,(H,33,35)(H,36,37)(H,31,32,34);(H,6,7)/t20-;/m0./s1.